The first-order valence-corrected chi connectivity index (χ1v) is 9.41. The van der Waals surface area contributed by atoms with Crippen molar-refractivity contribution in [2.75, 3.05) is 0 Å². The Kier molecular flexibility index (Phi) is 4.51. The molecule has 128 valence electrons. The van der Waals surface area contributed by atoms with Gasteiger partial charge in [-0.1, -0.05) is 48.0 Å². The first-order chi connectivity index (χ1) is 11.9. The maximum atomic E-state index is 13.1. The number of aryl methyl sites for hydroxylation is 1. The number of rotatable bonds is 4. The maximum absolute atomic E-state index is 13.1. The lowest BCUT2D eigenvalue weighted by Crippen LogP contribution is -2.39. The SMILES string of the molecule is Cc1ccc(S(=O)(=O)N2C(N)=C(C#N)C[C@@H]2Cc2ccccc2)cc1. The number of nitrogens with zero attached hydrogens (tertiary/aromatic N) is 2. The van der Waals surface area contributed by atoms with Gasteiger partial charge in [-0.2, -0.15) is 5.26 Å². The summed E-state index contributed by atoms with van der Waals surface area (Å²) < 4.78 is 27.5. The monoisotopic (exact) mass is 353 g/mol. The largest absolute Gasteiger partial charge is 0.384 e. The third-order valence-corrected chi connectivity index (χ3v) is 6.23. The molecule has 1 atom stereocenters. The van der Waals surface area contributed by atoms with Crippen LogP contribution in [0.4, 0.5) is 0 Å². The summed E-state index contributed by atoms with van der Waals surface area (Å²) in [6.07, 6.45) is 0.820. The minimum atomic E-state index is -3.82. The van der Waals surface area contributed by atoms with Crippen molar-refractivity contribution in [3.05, 3.63) is 77.1 Å². The van der Waals surface area contributed by atoms with Gasteiger partial charge in [0.2, 0.25) is 0 Å². The van der Waals surface area contributed by atoms with Crippen LogP contribution in [0.2, 0.25) is 0 Å². The lowest BCUT2D eigenvalue weighted by molar-refractivity contribution is 0.399. The molecule has 6 heteroatoms. The Morgan fingerprint density at radius 3 is 2.40 bits per heavy atom. The third kappa shape index (κ3) is 3.24. The molecular weight excluding hydrogens is 334 g/mol. The third-order valence-electron chi connectivity index (χ3n) is 4.34. The fraction of sp³-hybridized carbons (Fsp3) is 0.211. The van der Waals surface area contributed by atoms with Crippen LogP contribution < -0.4 is 5.73 Å². The number of hydrogen-bond acceptors (Lipinski definition) is 4. The molecule has 0 aliphatic carbocycles. The average molecular weight is 353 g/mol. The van der Waals surface area contributed by atoms with E-state index >= 15 is 0 Å². The first kappa shape index (κ1) is 17.1. The average Bonchev–Trinajstić information content (AvgIpc) is 2.92. The lowest BCUT2D eigenvalue weighted by Gasteiger charge is -2.27. The normalized spacial score (nSPS) is 17.6. The Morgan fingerprint density at radius 1 is 1.16 bits per heavy atom. The predicted octanol–water partition coefficient (Wildman–Crippen LogP) is 2.69. The molecule has 2 N–H and O–H groups in total. The van der Waals surface area contributed by atoms with E-state index < -0.39 is 16.1 Å². The van der Waals surface area contributed by atoms with Crippen LogP contribution in [-0.4, -0.2) is 18.8 Å². The van der Waals surface area contributed by atoms with Crippen LogP contribution in [0.3, 0.4) is 0 Å². The van der Waals surface area contributed by atoms with Crippen molar-refractivity contribution in [1.29, 1.82) is 5.26 Å². The number of sulfonamides is 1. The minimum Gasteiger partial charge on any atom is -0.384 e. The summed E-state index contributed by atoms with van der Waals surface area (Å²) in [7, 11) is -3.82. The van der Waals surface area contributed by atoms with E-state index in [2.05, 4.69) is 0 Å². The minimum absolute atomic E-state index is 0.0315. The molecule has 0 amide bonds. The van der Waals surface area contributed by atoms with Crippen LogP contribution in [0.15, 0.2) is 70.9 Å². The second-order valence-electron chi connectivity index (χ2n) is 6.14. The van der Waals surface area contributed by atoms with Crippen molar-refractivity contribution >= 4 is 10.0 Å². The second kappa shape index (κ2) is 6.61. The molecule has 25 heavy (non-hydrogen) atoms. The van der Waals surface area contributed by atoms with Crippen LogP contribution in [-0.2, 0) is 16.4 Å². The number of nitriles is 1. The second-order valence-corrected chi connectivity index (χ2v) is 7.95. The zero-order valence-corrected chi connectivity index (χ0v) is 14.7. The highest BCUT2D eigenvalue weighted by Crippen LogP contribution is 2.33. The van der Waals surface area contributed by atoms with Gasteiger partial charge in [-0.3, -0.25) is 0 Å². The molecular formula is C19H19N3O2S. The van der Waals surface area contributed by atoms with E-state index in [9.17, 15) is 13.7 Å². The maximum Gasteiger partial charge on any atom is 0.265 e. The molecule has 0 saturated heterocycles. The summed E-state index contributed by atoms with van der Waals surface area (Å²) in [5.41, 5.74) is 8.33. The van der Waals surface area contributed by atoms with Gasteiger partial charge in [0.15, 0.2) is 0 Å². The molecule has 5 nitrogen and oxygen atoms in total. The van der Waals surface area contributed by atoms with Crippen LogP contribution in [0.1, 0.15) is 17.5 Å². The Balaban J connectivity index is 2.00. The number of nitrogens with two attached hydrogens (primary N) is 1. The van der Waals surface area contributed by atoms with Gasteiger partial charge in [0.25, 0.3) is 10.0 Å². The summed E-state index contributed by atoms with van der Waals surface area (Å²) in [6.45, 7) is 1.90. The van der Waals surface area contributed by atoms with Gasteiger partial charge in [0.05, 0.1) is 22.6 Å². The highest BCUT2D eigenvalue weighted by atomic mass is 32.2. The molecule has 1 heterocycles. The highest BCUT2D eigenvalue weighted by Gasteiger charge is 2.39. The fourth-order valence-corrected chi connectivity index (χ4v) is 4.66. The Labute approximate surface area is 148 Å². The van der Waals surface area contributed by atoms with Gasteiger partial charge >= 0.3 is 0 Å². The van der Waals surface area contributed by atoms with Crippen molar-refractivity contribution in [1.82, 2.24) is 4.31 Å². The lowest BCUT2D eigenvalue weighted by atomic mass is 10.0. The molecule has 0 spiro atoms. The van der Waals surface area contributed by atoms with E-state index in [1.54, 1.807) is 24.3 Å². The van der Waals surface area contributed by atoms with E-state index in [0.717, 1.165) is 11.1 Å². The van der Waals surface area contributed by atoms with Crippen LogP contribution in [0.25, 0.3) is 0 Å². The molecule has 0 aromatic heterocycles. The van der Waals surface area contributed by atoms with Gasteiger partial charge in [0.1, 0.15) is 5.82 Å². The topological polar surface area (TPSA) is 87.2 Å². The molecule has 0 fully saturated rings. The van der Waals surface area contributed by atoms with Crippen molar-refractivity contribution < 1.29 is 8.42 Å². The smallest absolute Gasteiger partial charge is 0.265 e. The van der Waals surface area contributed by atoms with E-state index in [4.69, 9.17) is 5.73 Å². The van der Waals surface area contributed by atoms with Gasteiger partial charge in [0, 0.05) is 6.42 Å². The summed E-state index contributed by atoms with van der Waals surface area (Å²) in [5, 5.41) is 9.30. The van der Waals surface area contributed by atoms with Crippen molar-refractivity contribution in [3.8, 4) is 6.07 Å². The van der Waals surface area contributed by atoms with Crippen molar-refractivity contribution in [2.45, 2.75) is 30.7 Å². The van der Waals surface area contributed by atoms with Crippen molar-refractivity contribution in [2.24, 2.45) is 5.73 Å². The summed E-state index contributed by atoms with van der Waals surface area (Å²) in [6, 6.07) is 17.9. The molecule has 0 unspecified atom stereocenters. The Bertz CT molecular complexity index is 942. The molecule has 1 aliphatic heterocycles. The highest BCUT2D eigenvalue weighted by molar-refractivity contribution is 7.89. The number of hydrogen-bond donors (Lipinski definition) is 1. The van der Waals surface area contributed by atoms with Gasteiger partial charge in [-0.05, 0) is 31.0 Å². The summed E-state index contributed by atoms with van der Waals surface area (Å²) in [5.74, 6) is 0.0315. The zero-order valence-electron chi connectivity index (χ0n) is 13.9. The molecule has 2 aromatic rings. The van der Waals surface area contributed by atoms with Crippen LogP contribution in [0, 0.1) is 18.3 Å². The molecule has 1 aliphatic rings. The Hall–Kier alpha value is -2.78. The quantitative estimate of drug-likeness (QED) is 0.915. The zero-order chi connectivity index (χ0) is 18.0. The van der Waals surface area contributed by atoms with Crippen LogP contribution >= 0.6 is 0 Å². The van der Waals surface area contributed by atoms with E-state index in [1.807, 2.05) is 43.3 Å². The summed E-state index contributed by atoms with van der Waals surface area (Å²) >= 11 is 0. The van der Waals surface area contributed by atoms with Crippen LogP contribution in [0.5, 0.6) is 0 Å². The van der Waals surface area contributed by atoms with Gasteiger partial charge in [-0.25, -0.2) is 12.7 Å². The Morgan fingerprint density at radius 2 is 1.80 bits per heavy atom. The molecule has 0 radical (unpaired) electrons. The van der Waals surface area contributed by atoms with Gasteiger partial charge in [-0.15, -0.1) is 0 Å². The van der Waals surface area contributed by atoms with Crippen molar-refractivity contribution in [3.63, 3.8) is 0 Å². The van der Waals surface area contributed by atoms with E-state index in [-0.39, 0.29) is 10.7 Å². The molecule has 0 bridgehead atoms. The fourth-order valence-electron chi connectivity index (χ4n) is 3.05. The molecule has 2 aromatic carbocycles. The molecule has 3 rings (SSSR count). The first-order valence-electron chi connectivity index (χ1n) is 7.97. The van der Waals surface area contributed by atoms with Gasteiger partial charge < -0.3 is 5.73 Å². The number of benzene rings is 2. The van der Waals surface area contributed by atoms with E-state index in [1.165, 1.54) is 4.31 Å². The molecule has 0 saturated carbocycles. The summed E-state index contributed by atoms with van der Waals surface area (Å²) in [4.78, 5) is 0.179. The standard InChI is InChI=1S/C19H19N3O2S/c1-14-7-9-18(10-8-14)25(23,24)22-17(12-16(13-20)19(22)21)11-15-5-3-2-4-6-15/h2-10,17H,11-12,21H2,1H3/t17-/m0/s1. The predicted molar refractivity (Wildman–Crippen MR) is 95.6 cm³/mol. The van der Waals surface area contributed by atoms with E-state index in [0.29, 0.717) is 18.4 Å².